The van der Waals surface area contributed by atoms with Crippen LogP contribution in [0.3, 0.4) is 0 Å². The topological polar surface area (TPSA) is 54.3 Å². The smallest absolute Gasteiger partial charge is 0.410 e. The zero-order chi connectivity index (χ0) is 13.3. The molecule has 6 heteroatoms. The summed E-state index contributed by atoms with van der Waals surface area (Å²) in [5.41, 5.74) is -0.459. The highest BCUT2D eigenvalue weighted by Crippen LogP contribution is 2.24. The number of hydrogen-bond donors (Lipinski definition) is 0. The molecule has 2 aliphatic heterocycles. The molecule has 0 saturated carbocycles. The lowest BCUT2D eigenvalue weighted by Gasteiger charge is -2.27. The van der Waals surface area contributed by atoms with Gasteiger partial charge in [-0.05, 0) is 56.2 Å². The van der Waals surface area contributed by atoms with Gasteiger partial charge in [0.1, 0.15) is 15.2 Å². The fraction of sp³-hybridized carbons (Fsp3) is 0.750. The lowest BCUT2D eigenvalue weighted by molar-refractivity contribution is 0.0265. The van der Waals surface area contributed by atoms with Crippen LogP contribution in [0.5, 0.6) is 0 Å². The summed E-state index contributed by atoms with van der Waals surface area (Å²) in [4.78, 5) is 22.6. The van der Waals surface area contributed by atoms with E-state index in [-0.39, 0.29) is 12.1 Å². The standard InChI is InChI=1S/C12H18IN3O2/c1-12(2,3)18-11(17)16-6-4-5-8(16)10-14-7-9(13)15-10/h8H,4-7H2,1-3H3. The van der Waals surface area contributed by atoms with Crippen LogP contribution in [0.1, 0.15) is 33.6 Å². The van der Waals surface area contributed by atoms with E-state index in [4.69, 9.17) is 4.74 Å². The van der Waals surface area contributed by atoms with E-state index in [0.717, 1.165) is 28.9 Å². The predicted octanol–water partition coefficient (Wildman–Crippen LogP) is 2.63. The van der Waals surface area contributed by atoms with Gasteiger partial charge in [0, 0.05) is 6.54 Å². The molecule has 0 radical (unpaired) electrons. The summed E-state index contributed by atoms with van der Waals surface area (Å²) in [5, 5.41) is 0. The number of carbonyl (C=O) groups is 1. The van der Waals surface area contributed by atoms with Crippen LogP contribution in [0.15, 0.2) is 9.98 Å². The zero-order valence-corrected chi connectivity index (χ0v) is 13.1. The minimum Gasteiger partial charge on any atom is -0.444 e. The van der Waals surface area contributed by atoms with Crippen LogP contribution in [0, 0.1) is 0 Å². The van der Waals surface area contributed by atoms with Crippen LogP contribution < -0.4 is 0 Å². The Labute approximate surface area is 121 Å². The molecular weight excluding hydrogens is 345 g/mol. The fourth-order valence-electron chi connectivity index (χ4n) is 2.10. The van der Waals surface area contributed by atoms with Crippen molar-refractivity contribution in [3.05, 3.63) is 0 Å². The summed E-state index contributed by atoms with van der Waals surface area (Å²) in [7, 11) is 0. The first-order valence-electron chi connectivity index (χ1n) is 6.14. The monoisotopic (exact) mass is 363 g/mol. The molecule has 1 fully saturated rings. The molecule has 1 amide bonds. The second kappa shape index (κ2) is 5.14. The third-order valence-electron chi connectivity index (χ3n) is 2.79. The first-order chi connectivity index (χ1) is 8.37. The summed E-state index contributed by atoms with van der Waals surface area (Å²) in [5.74, 6) is 0.780. The summed E-state index contributed by atoms with van der Waals surface area (Å²) in [6.07, 6.45) is 1.64. The molecule has 2 rings (SSSR count). The second-order valence-corrected chi connectivity index (χ2v) is 6.74. The van der Waals surface area contributed by atoms with Crippen LogP contribution >= 0.6 is 22.6 Å². The van der Waals surface area contributed by atoms with Gasteiger partial charge in [-0.2, -0.15) is 0 Å². The van der Waals surface area contributed by atoms with Gasteiger partial charge in [0.2, 0.25) is 0 Å². The first-order valence-corrected chi connectivity index (χ1v) is 7.22. The highest BCUT2D eigenvalue weighted by molar-refractivity contribution is 14.1. The van der Waals surface area contributed by atoms with Crippen molar-refractivity contribution in [2.45, 2.75) is 45.3 Å². The maximum Gasteiger partial charge on any atom is 0.410 e. The van der Waals surface area contributed by atoms with Crippen molar-refractivity contribution < 1.29 is 9.53 Å². The van der Waals surface area contributed by atoms with Crippen molar-refractivity contribution in [3.63, 3.8) is 0 Å². The van der Waals surface area contributed by atoms with Crippen LogP contribution in [-0.4, -0.2) is 45.3 Å². The fourth-order valence-corrected chi connectivity index (χ4v) is 2.51. The summed E-state index contributed by atoms with van der Waals surface area (Å²) in [6.45, 7) is 7.01. The molecule has 5 nitrogen and oxygen atoms in total. The molecule has 18 heavy (non-hydrogen) atoms. The lowest BCUT2D eigenvalue weighted by Crippen LogP contribution is -2.42. The highest BCUT2D eigenvalue weighted by Gasteiger charge is 2.36. The minimum atomic E-state index is -0.459. The highest BCUT2D eigenvalue weighted by atomic mass is 127. The Morgan fingerprint density at radius 2 is 2.22 bits per heavy atom. The van der Waals surface area contributed by atoms with Crippen molar-refractivity contribution in [1.82, 2.24) is 4.90 Å². The van der Waals surface area contributed by atoms with Gasteiger partial charge < -0.3 is 4.74 Å². The number of aliphatic imine (C=N–C) groups is 2. The van der Waals surface area contributed by atoms with Gasteiger partial charge in [-0.3, -0.25) is 9.89 Å². The maximum atomic E-state index is 12.1. The van der Waals surface area contributed by atoms with Crippen LogP contribution in [0.2, 0.25) is 0 Å². The van der Waals surface area contributed by atoms with Crippen LogP contribution in [0.25, 0.3) is 0 Å². The van der Waals surface area contributed by atoms with Crippen molar-refractivity contribution >= 4 is 38.2 Å². The molecule has 0 aromatic rings. The normalized spacial score (nSPS) is 24.0. The van der Waals surface area contributed by atoms with E-state index < -0.39 is 5.60 Å². The third-order valence-corrected chi connectivity index (χ3v) is 3.37. The number of halogens is 1. The molecule has 0 aromatic carbocycles. The minimum absolute atomic E-state index is 0.00730. The zero-order valence-electron chi connectivity index (χ0n) is 10.9. The van der Waals surface area contributed by atoms with E-state index in [1.165, 1.54) is 0 Å². The Morgan fingerprint density at radius 3 is 2.78 bits per heavy atom. The Morgan fingerprint density at radius 1 is 1.50 bits per heavy atom. The summed E-state index contributed by atoms with van der Waals surface area (Å²) in [6, 6.07) is -0.00730. The van der Waals surface area contributed by atoms with E-state index in [9.17, 15) is 4.79 Å². The molecule has 0 spiro atoms. The molecule has 1 atom stereocenters. The molecular formula is C12H18IN3O2. The molecule has 0 aliphatic carbocycles. The molecule has 0 aromatic heterocycles. The van der Waals surface area contributed by atoms with Gasteiger partial charge >= 0.3 is 6.09 Å². The molecule has 0 N–H and O–H groups in total. The van der Waals surface area contributed by atoms with Gasteiger partial charge in [0.15, 0.2) is 0 Å². The van der Waals surface area contributed by atoms with Gasteiger partial charge in [-0.1, -0.05) is 0 Å². The Bertz CT molecular complexity index is 412. The number of nitrogens with zero attached hydrogens (tertiary/aromatic N) is 3. The Hall–Kier alpha value is -0.660. The van der Waals surface area contributed by atoms with Crippen molar-refractivity contribution in [2.75, 3.05) is 13.1 Å². The number of rotatable bonds is 1. The number of likely N-dealkylation sites (tertiary alicyclic amines) is 1. The molecule has 1 saturated heterocycles. The molecule has 2 aliphatic rings. The van der Waals surface area contributed by atoms with Crippen molar-refractivity contribution in [1.29, 1.82) is 0 Å². The Kier molecular flexibility index (Phi) is 3.93. The predicted molar refractivity (Wildman–Crippen MR) is 79.7 cm³/mol. The summed E-state index contributed by atoms with van der Waals surface area (Å²) < 4.78 is 6.40. The summed E-state index contributed by atoms with van der Waals surface area (Å²) >= 11 is 2.18. The average Bonchev–Trinajstić information content (AvgIpc) is 2.81. The van der Waals surface area contributed by atoms with E-state index in [1.54, 1.807) is 4.90 Å². The quantitative estimate of drug-likeness (QED) is 0.673. The molecule has 0 bridgehead atoms. The number of amidine groups is 1. The number of hydrogen-bond acceptors (Lipinski definition) is 4. The van der Waals surface area contributed by atoms with E-state index in [2.05, 4.69) is 32.6 Å². The molecule has 100 valence electrons. The number of ether oxygens (including phenoxy) is 1. The van der Waals surface area contributed by atoms with Gasteiger partial charge in [-0.25, -0.2) is 9.79 Å². The van der Waals surface area contributed by atoms with Gasteiger partial charge in [0.25, 0.3) is 0 Å². The van der Waals surface area contributed by atoms with E-state index in [1.807, 2.05) is 20.8 Å². The third kappa shape index (κ3) is 3.21. The number of carbonyl (C=O) groups excluding carboxylic acids is 1. The largest absolute Gasteiger partial charge is 0.444 e. The van der Waals surface area contributed by atoms with E-state index in [0.29, 0.717) is 6.54 Å². The first kappa shape index (κ1) is 13.8. The van der Waals surface area contributed by atoms with Gasteiger partial charge in [0.05, 0.1) is 12.6 Å². The maximum absolute atomic E-state index is 12.1. The van der Waals surface area contributed by atoms with Crippen molar-refractivity contribution in [2.24, 2.45) is 9.98 Å². The van der Waals surface area contributed by atoms with Crippen molar-refractivity contribution in [3.8, 4) is 0 Å². The van der Waals surface area contributed by atoms with Crippen LogP contribution in [0.4, 0.5) is 4.79 Å². The number of amides is 1. The SMILES string of the molecule is CC(C)(C)OC(=O)N1CCCC1C1=NCC(I)=N1. The average molecular weight is 363 g/mol. The van der Waals surface area contributed by atoms with Gasteiger partial charge in [-0.15, -0.1) is 0 Å². The van der Waals surface area contributed by atoms with E-state index >= 15 is 0 Å². The second-order valence-electron chi connectivity index (χ2n) is 5.49. The Balaban J connectivity index is 2.06. The molecule has 1 unspecified atom stereocenters. The molecule has 2 heterocycles. The lowest BCUT2D eigenvalue weighted by atomic mass is 10.2. The van der Waals surface area contributed by atoms with Crippen LogP contribution in [-0.2, 0) is 4.74 Å².